The smallest absolute Gasteiger partial charge is 0.211 e. The first kappa shape index (κ1) is 24.6. The number of nitrogens with one attached hydrogen (secondary N) is 2. The van der Waals surface area contributed by atoms with Gasteiger partial charge in [0.05, 0.1) is 18.5 Å². The van der Waals surface area contributed by atoms with Crippen LogP contribution in [-0.4, -0.2) is 49.2 Å². The number of piperidine rings is 1. The van der Waals surface area contributed by atoms with Gasteiger partial charge >= 0.3 is 0 Å². The Balaban J connectivity index is 1.38. The molecule has 3 aromatic rings. The van der Waals surface area contributed by atoms with Crippen molar-refractivity contribution in [2.24, 2.45) is 0 Å². The zero-order valence-corrected chi connectivity index (χ0v) is 21.2. The van der Waals surface area contributed by atoms with Crippen molar-refractivity contribution >= 4 is 38.2 Å². The van der Waals surface area contributed by atoms with Crippen LogP contribution in [-0.2, 0) is 23.1 Å². The molecule has 34 heavy (non-hydrogen) atoms. The van der Waals surface area contributed by atoms with Crippen LogP contribution in [0.15, 0.2) is 48.5 Å². The third-order valence-corrected chi connectivity index (χ3v) is 7.80. The number of sulfonamides is 1. The molecule has 1 fully saturated rings. The van der Waals surface area contributed by atoms with E-state index >= 15 is 0 Å². The van der Waals surface area contributed by atoms with Crippen molar-refractivity contribution < 1.29 is 8.42 Å². The fourth-order valence-electron chi connectivity index (χ4n) is 4.38. The van der Waals surface area contributed by atoms with Gasteiger partial charge in [0.2, 0.25) is 10.0 Å². The van der Waals surface area contributed by atoms with E-state index in [0.717, 1.165) is 42.3 Å². The summed E-state index contributed by atoms with van der Waals surface area (Å²) in [5, 5.41) is 8.80. The number of hydrogen-bond acceptors (Lipinski definition) is 4. The summed E-state index contributed by atoms with van der Waals surface area (Å²) in [6.45, 7) is 5.49. The molecular formula is C26H31ClN4O2S. The van der Waals surface area contributed by atoms with Gasteiger partial charge < -0.3 is 15.2 Å². The van der Waals surface area contributed by atoms with Gasteiger partial charge in [-0.05, 0) is 73.7 Å². The number of halogens is 1. The molecule has 1 aliphatic rings. The van der Waals surface area contributed by atoms with Crippen molar-refractivity contribution in [3.8, 4) is 11.8 Å². The van der Waals surface area contributed by atoms with Crippen LogP contribution in [0, 0.1) is 11.8 Å². The second-order valence-corrected chi connectivity index (χ2v) is 11.1. The minimum absolute atomic E-state index is 0.337. The molecule has 2 N–H and O–H groups in total. The Hall–Kier alpha value is -2.50. The number of benzene rings is 2. The van der Waals surface area contributed by atoms with Crippen LogP contribution < -0.4 is 10.6 Å². The van der Waals surface area contributed by atoms with E-state index < -0.39 is 10.0 Å². The van der Waals surface area contributed by atoms with Gasteiger partial charge in [0.25, 0.3) is 0 Å². The summed E-state index contributed by atoms with van der Waals surface area (Å²) in [7, 11) is -3.09. The Labute approximate surface area is 207 Å². The van der Waals surface area contributed by atoms with Gasteiger partial charge in [-0.3, -0.25) is 0 Å². The van der Waals surface area contributed by atoms with Gasteiger partial charge in [-0.2, -0.15) is 0 Å². The number of hydrogen-bond donors (Lipinski definition) is 2. The third kappa shape index (κ3) is 6.13. The molecule has 0 unspecified atom stereocenters. The zero-order chi connectivity index (χ0) is 24.1. The topological polar surface area (TPSA) is 66.4 Å². The summed E-state index contributed by atoms with van der Waals surface area (Å²) in [5.41, 5.74) is 4.40. The third-order valence-electron chi connectivity index (χ3n) is 6.24. The molecule has 0 saturated carbocycles. The molecular weight excluding hydrogens is 468 g/mol. The molecule has 1 aromatic heterocycles. The Morgan fingerprint density at radius 3 is 2.50 bits per heavy atom. The molecule has 1 aliphatic heterocycles. The molecule has 2 aromatic carbocycles. The van der Waals surface area contributed by atoms with Crippen LogP contribution in [0.1, 0.15) is 31.0 Å². The first-order valence-corrected chi connectivity index (χ1v) is 13.8. The van der Waals surface area contributed by atoms with Crippen molar-refractivity contribution in [1.82, 2.24) is 14.2 Å². The van der Waals surface area contributed by atoms with Crippen molar-refractivity contribution in [1.29, 1.82) is 0 Å². The highest BCUT2D eigenvalue weighted by atomic mass is 35.5. The van der Waals surface area contributed by atoms with Gasteiger partial charge in [0.1, 0.15) is 0 Å². The van der Waals surface area contributed by atoms with E-state index in [1.807, 2.05) is 24.3 Å². The highest BCUT2D eigenvalue weighted by Crippen LogP contribution is 2.22. The summed E-state index contributed by atoms with van der Waals surface area (Å²) in [6, 6.07) is 16.6. The summed E-state index contributed by atoms with van der Waals surface area (Å²) in [4.78, 5) is 0. The summed E-state index contributed by atoms with van der Waals surface area (Å²) in [5.74, 6) is 6.53. The highest BCUT2D eigenvalue weighted by molar-refractivity contribution is 7.88. The quantitative estimate of drug-likeness (QED) is 0.477. The SMILES string of the molecule is CCn1c(C#CCNc2ccc(Cl)cc2)cc2cc(CNC3CCN(S(C)(=O)=O)CC3)ccc21. The molecule has 0 amide bonds. The summed E-state index contributed by atoms with van der Waals surface area (Å²) >= 11 is 5.93. The lowest BCUT2D eigenvalue weighted by atomic mass is 10.1. The largest absolute Gasteiger partial charge is 0.374 e. The fraction of sp³-hybridized carbons (Fsp3) is 0.385. The average Bonchev–Trinajstić information content (AvgIpc) is 3.18. The number of anilines is 1. The molecule has 180 valence electrons. The Kier molecular flexibility index (Phi) is 7.84. The monoisotopic (exact) mass is 498 g/mol. The normalized spacial score (nSPS) is 15.3. The molecule has 0 bridgehead atoms. The van der Waals surface area contributed by atoms with E-state index in [1.165, 1.54) is 22.7 Å². The van der Waals surface area contributed by atoms with Crippen LogP contribution in [0.4, 0.5) is 5.69 Å². The molecule has 6 nitrogen and oxygen atoms in total. The van der Waals surface area contributed by atoms with E-state index in [4.69, 9.17) is 11.6 Å². The van der Waals surface area contributed by atoms with Crippen molar-refractivity contribution in [2.45, 2.75) is 38.9 Å². The molecule has 0 radical (unpaired) electrons. The maximum Gasteiger partial charge on any atom is 0.211 e. The predicted molar refractivity (Wildman–Crippen MR) is 141 cm³/mol. The Bertz CT molecular complexity index is 1300. The number of aryl methyl sites for hydroxylation is 1. The van der Waals surface area contributed by atoms with Crippen LogP contribution in [0.5, 0.6) is 0 Å². The zero-order valence-electron chi connectivity index (χ0n) is 19.6. The Morgan fingerprint density at radius 1 is 1.09 bits per heavy atom. The average molecular weight is 499 g/mol. The second kappa shape index (κ2) is 10.8. The lowest BCUT2D eigenvalue weighted by Crippen LogP contribution is -2.44. The van der Waals surface area contributed by atoms with Crippen molar-refractivity contribution in [2.75, 3.05) is 31.2 Å². The van der Waals surface area contributed by atoms with Gasteiger partial charge in [-0.15, -0.1) is 0 Å². The minimum Gasteiger partial charge on any atom is -0.374 e. The Morgan fingerprint density at radius 2 is 1.82 bits per heavy atom. The van der Waals surface area contributed by atoms with Crippen molar-refractivity contribution in [3.05, 3.63) is 64.8 Å². The van der Waals surface area contributed by atoms with Crippen LogP contribution in [0.2, 0.25) is 5.02 Å². The minimum atomic E-state index is -3.09. The number of aromatic nitrogens is 1. The molecule has 0 atom stereocenters. The first-order chi connectivity index (χ1) is 16.3. The van der Waals surface area contributed by atoms with Crippen LogP contribution >= 0.6 is 11.6 Å². The number of fused-ring (bicyclic) bond motifs is 1. The van der Waals surface area contributed by atoms with Crippen LogP contribution in [0.25, 0.3) is 10.9 Å². The van der Waals surface area contributed by atoms with Gasteiger partial charge in [0, 0.05) is 53.8 Å². The molecule has 0 spiro atoms. The summed E-state index contributed by atoms with van der Waals surface area (Å²) in [6.07, 6.45) is 2.96. The fourth-order valence-corrected chi connectivity index (χ4v) is 5.38. The number of rotatable bonds is 7. The molecule has 1 saturated heterocycles. The first-order valence-electron chi connectivity index (χ1n) is 11.6. The highest BCUT2D eigenvalue weighted by Gasteiger charge is 2.24. The number of nitrogens with zero attached hydrogens (tertiary/aromatic N) is 2. The molecule has 2 heterocycles. The molecule has 4 rings (SSSR count). The predicted octanol–water partition coefficient (Wildman–Crippen LogP) is 4.29. The van der Waals surface area contributed by atoms with Crippen molar-refractivity contribution in [3.63, 3.8) is 0 Å². The van der Waals surface area contributed by atoms with Gasteiger partial charge in [-0.1, -0.05) is 23.6 Å². The lowest BCUT2D eigenvalue weighted by molar-refractivity contribution is 0.290. The van der Waals surface area contributed by atoms with E-state index in [-0.39, 0.29) is 0 Å². The molecule has 0 aliphatic carbocycles. The standard InChI is InChI=1S/C26H31ClN4O2S/c1-3-31-25(5-4-14-28-23-9-7-22(27)8-10-23)18-21-17-20(6-11-26(21)31)19-29-24-12-15-30(16-13-24)34(2,32)33/h6-11,17-18,24,28-29H,3,12-16,19H2,1-2H3. The van der Waals surface area contributed by atoms with Gasteiger partial charge in [0.15, 0.2) is 0 Å². The van der Waals surface area contributed by atoms with E-state index in [1.54, 1.807) is 4.31 Å². The van der Waals surface area contributed by atoms with Gasteiger partial charge in [-0.25, -0.2) is 12.7 Å². The van der Waals surface area contributed by atoms with E-state index in [2.05, 4.69) is 58.2 Å². The van der Waals surface area contributed by atoms with E-state index in [0.29, 0.717) is 25.7 Å². The maximum absolute atomic E-state index is 11.7. The molecule has 8 heteroatoms. The second-order valence-electron chi connectivity index (χ2n) is 8.65. The maximum atomic E-state index is 11.7. The summed E-state index contributed by atoms with van der Waals surface area (Å²) < 4.78 is 27.2. The van der Waals surface area contributed by atoms with Crippen LogP contribution in [0.3, 0.4) is 0 Å². The lowest BCUT2D eigenvalue weighted by Gasteiger charge is -2.30. The van der Waals surface area contributed by atoms with E-state index in [9.17, 15) is 8.42 Å².